The van der Waals surface area contributed by atoms with E-state index in [9.17, 15) is 0 Å². The van der Waals surface area contributed by atoms with Crippen LogP contribution in [0.5, 0.6) is 0 Å². The molecule has 11 aromatic carbocycles. The Hall–Kier alpha value is -8.46. The highest BCUT2D eigenvalue weighted by Gasteiger charge is 2.51. The Labute approximate surface area is 377 Å². The fraction of sp³-hybridized carbons (Fsp3) is 0.0159. The lowest BCUT2D eigenvalue weighted by atomic mass is 9.70. The highest BCUT2D eigenvalue weighted by molar-refractivity contribution is 6.21. The average molecular weight is 825 g/mol. The number of aromatic nitrogens is 1. The zero-order chi connectivity index (χ0) is 42.6. The summed E-state index contributed by atoms with van der Waals surface area (Å²) in [6.45, 7) is 0. The van der Waals surface area contributed by atoms with Crippen LogP contribution in [0.15, 0.2) is 243 Å². The quantitative estimate of drug-likeness (QED) is 0.168. The van der Waals surface area contributed by atoms with Crippen LogP contribution in [-0.4, -0.2) is 4.57 Å². The molecule has 302 valence electrons. The Morgan fingerprint density at radius 1 is 0.323 bits per heavy atom. The van der Waals surface area contributed by atoms with E-state index in [0.29, 0.717) is 0 Å². The highest BCUT2D eigenvalue weighted by Crippen LogP contribution is 2.63. The van der Waals surface area contributed by atoms with Crippen LogP contribution in [0.4, 0.5) is 17.1 Å². The van der Waals surface area contributed by atoms with Gasteiger partial charge in [-0.1, -0.05) is 188 Å². The van der Waals surface area contributed by atoms with Crippen LogP contribution in [-0.2, 0) is 5.41 Å². The van der Waals surface area contributed by atoms with Gasteiger partial charge in [-0.2, -0.15) is 0 Å². The molecular formula is C63H40N2. The highest BCUT2D eigenvalue weighted by atomic mass is 15.1. The van der Waals surface area contributed by atoms with Crippen LogP contribution in [0.25, 0.3) is 82.4 Å². The molecule has 0 fully saturated rings. The predicted molar refractivity (Wildman–Crippen MR) is 272 cm³/mol. The van der Waals surface area contributed by atoms with Crippen molar-refractivity contribution in [2.75, 3.05) is 4.90 Å². The van der Waals surface area contributed by atoms with E-state index in [1.165, 1.54) is 99.0 Å². The number of anilines is 3. The summed E-state index contributed by atoms with van der Waals surface area (Å²) in [4.78, 5) is 2.46. The number of rotatable bonds is 5. The maximum absolute atomic E-state index is 2.49. The standard InChI is InChI=1S/C63H40N2/c1-3-17-48-43(14-1)16-13-27-59(48)64(47-37-38-53-52-21-7-11-25-57(52)63(58(53)40-47)55-23-9-5-19-50(55)51-20-6-10-24-56(51)63)45-33-28-41(29-34-45)42-30-35-46(36-31-42)65-60-26-12-8-22-54(60)62-49-18-4-2-15-44(49)32-39-61(62)65/h1-40H. The van der Waals surface area contributed by atoms with Gasteiger partial charge in [0.25, 0.3) is 0 Å². The molecule has 2 heteroatoms. The van der Waals surface area contributed by atoms with Crippen LogP contribution in [0, 0.1) is 0 Å². The van der Waals surface area contributed by atoms with Crippen molar-refractivity contribution in [3.8, 4) is 39.1 Å². The van der Waals surface area contributed by atoms with Crippen LogP contribution < -0.4 is 4.90 Å². The number of fused-ring (bicyclic) bond motifs is 16. The van der Waals surface area contributed by atoms with Gasteiger partial charge >= 0.3 is 0 Å². The largest absolute Gasteiger partial charge is 0.310 e. The number of nitrogens with zero attached hydrogens (tertiary/aromatic N) is 2. The summed E-state index contributed by atoms with van der Waals surface area (Å²) in [6, 6.07) is 90.0. The summed E-state index contributed by atoms with van der Waals surface area (Å²) in [5.41, 5.74) is 19.5. The van der Waals surface area contributed by atoms with Crippen molar-refractivity contribution < 1.29 is 0 Å². The summed E-state index contributed by atoms with van der Waals surface area (Å²) in [7, 11) is 0. The summed E-state index contributed by atoms with van der Waals surface area (Å²) >= 11 is 0. The molecule has 2 aliphatic rings. The zero-order valence-electron chi connectivity index (χ0n) is 35.5. The van der Waals surface area contributed by atoms with Gasteiger partial charge in [-0.05, 0) is 126 Å². The van der Waals surface area contributed by atoms with Crippen LogP contribution in [0.3, 0.4) is 0 Å². The fourth-order valence-corrected chi connectivity index (χ4v) is 11.7. The van der Waals surface area contributed by atoms with E-state index in [-0.39, 0.29) is 0 Å². The summed E-state index contributed by atoms with van der Waals surface area (Å²) in [5, 5.41) is 7.55. The normalized spacial score (nSPS) is 13.0. The van der Waals surface area contributed by atoms with Crippen molar-refractivity contribution >= 4 is 60.4 Å². The molecule has 1 spiro atoms. The first-order chi connectivity index (χ1) is 32.3. The molecule has 1 heterocycles. The minimum atomic E-state index is -0.428. The average Bonchev–Trinajstić information content (AvgIpc) is 3.99. The topological polar surface area (TPSA) is 8.17 Å². The maximum atomic E-state index is 2.49. The molecule has 12 aromatic rings. The van der Waals surface area contributed by atoms with E-state index in [1.807, 2.05) is 0 Å². The number of hydrogen-bond donors (Lipinski definition) is 0. The molecule has 0 unspecified atom stereocenters. The van der Waals surface area contributed by atoms with Crippen molar-refractivity contribution in [3.05, 3.63) is 265 Å². The first kappa shape index (κ1) is 36.1. The summed E-state index contributed by atoms with van der Waals surface area (Å²) in [6.07, 6.45) is 0. The van der Waals surface area contributed by atoms with Crippen LogP contribution in [0.1, 0.15) is 22.3 Å². The van der Waals surface area contributed by atoms with Gasteiger partial charge in [-0.15, -0.1) is 0 Å². The van der Waals surface area contributed by atoms with Gasteiger partial charge in [0, 0.05) is 33.2 Å². The molecule has 0 atom stereocenters. The molecular weight excluding hydrogens is 785 g/mol. The molecule has 0 amide bonds. The van der Waals surface area contributed by atoms with Crippen molar-refractivity contribution in [2.24, 2.45) is 0 Å². The summed E-state index contributed by atoms with van der Waals surface area (Å²) in [5.74, 6) is 0. The first-order valence-electron chi connectivity index (χ1n) is 22.6. The minimum Gasteiger partial charge on any atom is -0.310 e. The van der Waals surface area contributed by atoms with Crippen molar-refractivity contribution in [3.63, 3.8) is 0 Å². The van der Waals surface area contributed by atoms with Crippen molar-refractivity contribution in [1.29, 1.82) is 0 Å². The summed E-state index contributed by atoms with van der Waals surface area (Å²) < 4.78 is 2.41. The SMILES string of the molecule is c1ccc2c(c1)-c1ccccc1C21c2ccccc2-c2ccc(N(c3ccc(-c4ccc(-n5c6ccccc6c6c7ccccc7ccc65)cc4)cc3)c3cccc4ccccc34)cc21. The van der Waals surface area contributed by atoms with Gasteiger partial charge in [-0.3, -0.25) is 0 Å². The molecule has 65 heavy (non-hydrogen) atoms. The second-order valence-electron chi connectivity index (χ2n) is 17.6. The molecule has 14 rings (SSSR count). The van der Waals surface area contributed by atoms with E-state index < -0.39 is 5.41 Å². The molecule has 0 saturated heterocycles. The third-order valence-corrected chi connectivity index (χ3v) is 14.4. The van der Waals surface area contributed by atoms with Gasteiger partial charge in [-0.25, -0.2) is 0 Å². The lowest BCUT2D eigenvalue weighted by Gasteiger charge is -2.32. The number of benzene rings is 11. The van der Waals surface area contributed by atoms with Crippen LogP contribution >= 0.6 is 0 Å². The Morgan fingerprint density at radius 2 is 0.831 bits per heavy atom. The van der Waals surface area contributed by atoms with Crippen molar-refractivity contribution in [1.82, 2.24) is 4.57 Å². The van der Waals surface area contributed by atoms with Gasteiger partial charge < -0.3 is 9.47 Å². The van der Waals surface area contributed by atoms with E-state index in [0.717, 1.165) is 22.7 Å². The van der Waals surface area contributed by atoms with Gasteiger partial charge in [0.05, 0.1) is 22.1 Å². The molecule has 2 nitrogen and oxygen atoms in total. The van der Waals surface area contributed by atoms with Crippen molar-refractivity contribution in [2.45, 2.75) is 5.41 Å². The lowest BCUT2D eigenvalue weighted by molar-refractivity contribution is 0.793. The maximum Gasteiger partial charge on any atom is 0.0726 e. The minimum absolute atomic E-state index is 0.428. The first-order valence-corrected chi connectivity index (χ1v) is 22.6. The molecule has 0 bridgehead atoms. The fourth-order valence-electron chi connectivity index (χ4n) is 11.7. The van der Waals surface area contributed by atoms with E-state index in [2.05, 4.69) is 252 Å². The zero-order valence-corrected chi connectivity index (χ0v) is 35.5. The number of hydrogen-bond acceptors (Lipinski definition) is 1. The molecule has 0 N–H and O–H groups in total. The van der Waals surface area contributed by atoms with Gasteiger partial charge in [0.2, 0.25) is 0 Å². The van der Waals surface area contributed by atoms with Gasteiger partial charge in [0.1, 0.15) is 0 Å². The van der Waals surface area contributed by atoms with E-state index >= 15 is 0 Å². The monoisotopic (exact) mass is 824 g/mol. The predicted octanol–water partition coefficient (Wildman–Crippen LogP) is 16.6. The van der Waals surface area contributed by atoms with Gasteiger partial charge in [0.15, 0.2) is 0 Å². The number of para-hydroxylation sites is 1. The molecule has 0 radical (unpaired) electrons. The Morgan fingerprint density at radius 3 is 1.51 bits per heavy atom. The third kappa shape index (κ3) is 5.05. The van der Waals surface area contributed by atoms with E-state index in [1.54, 1.807) is 0 Å². The van der Waals surface area contributed by atoms with E-state index in [4.69, 9.17) is 0 Å². The Balaban J connectivity index is 0.905. The van der Waals surface area contributed by atoms with Crippen LogP contribution in [0.2, 0.25) is 0 Å². The molecule has 0 saturated carbocycles. The lowest BCUT2D eigenvalue weighted by Crippen LogP contribution is -2.26. The smallest absolute Gasteiger partial charge is 0.0726 e. The molecule has 2 aliphatic carbocycles. The Bertz CT molecular complexity index is 3820. The second-order valence-corrected chi connectivity index (χ2v) is 17.6. The second kappa shape index (κ2) is 13.8. The molecule has 0 aliphatic heterocycles. The third-order valence-electron chi connectivity index (χ3n) is 14.4. The molecule has 1 aromatic heterocycles. The Kier molecular flexibility index (Phi) is 7.64.